The lowest BCUT2D eigenvalue weighted by atomic mass is 9.86. The second kappa shape index (κ2) is 7.34. The Morgan fingerprint density at radius 3 is 2.79 bits per heavy atom. The van der Waals surface area contributed by atoms with Gasteiger partial charge >= 0.3 is 0 Å². The van der Waals surface area contributed by atoms with E-state index in [-0.39, 0.29) is 12.5 Å². The standard InChI is InChI=1S/C15H25NO3/c1-4-5-6-9-15(2,3)14(18)16-11-12(17)13-8-7-10-19-13/h7-8,10,12,17H,4-6,9,11H2,1-3H3,(H,16,18). The molecule has 0 aliphatic rings. The Bertz CT molecular complexity index is 371. The summed E-state index contributed by atoms with van der Waals surface area (Å²) < 4.78 is 5.09. The van der Waals surface area contributed by atoms with Crippen LogP contribution in [-0.4, -0.2) is 17.6 Å². The second-order valence-corrected chi connectivity index (χ2v) is 5.58. The van der Waals surface area contributed by atoms with Gasteiger partial charge in [0.25, 0.3) is 0 Å². The van der Waals surface area contributed by atoms with Crippen LogP contribution in [0.1, 0.15) is 58.3 Å². The van der Waals surface area contributed by atoms with Gasteiger partial charge in [-0.25, -0.2) is 0 Å². The first kappa shape index (κ1) is 15.8. The van der Waals surface area contributed by atoms with Crippen LogP contribution in [0.25, 0.3) is 0 Å². The summed E-state index contributed by atoms with van der Waals surface area (Å²) in [6, 6.07) is 3.41. The molecule has 108 valence electrons. The molecular formula is C15H25NO3. The largest absolute Gasteiger partial charge is 0.467 e. The molecule has 2 N–H and O–H groups in total. The van der Waals surface area contributed by atoms with E-state index in [2.05, 4.69) is 12.2 Å². The summed E-state index contributed by atoms with van der Waals surface area (Å²) in [6.07, 6.45) is 4.93. The number of nitrogens with one attached hydrogen (secondary N) is 1. The lowest BCUT2D eigenvalue weighted by molar-refractivity contribution is -0.130. The number of hydrogen-bond donors (Lipinski definition) is 2. The van der Waals surface area contributed by atoms with E-state index in [0.29, 0.717) is 5.76 Å². The van der Waals surface area contributed by atoms with Crippen LogP contribution in [0.5, 0.6) is 0 Å². The zero-order valence-electron chi connectivity index (χ0n) is 12.1. The van der Waals surface area contributed by atoms with Crippen molar-refractivity contribution in [3.63, 3.8) is 0 Å². The normalized spacial score (nSPS) is 13.3. The summed E-state index contributed by atoms with van der Waals surface area (Å²) in [6.45, 7) is 6.21. The van der Waals surface area contributed by atoms with Crippen LogP contribution in [0.2, 0.25) is 0 Å². The first-order valence-electron chi connectivity index (χ1n) is 6.97. The number of furan rings is 1. The highest BCUT2D eigenvalue weighted by Gasteiger charge is 2.27. The van der Waals surface area contributed by atoms with Crippen molar-refractivity contribution in [3.05, 3.63) is 24.2 Å². The number of carbonyl (C=O) groups is 1. The van der Waals surface area contributed by atoms with E-state index in [4.69, 9.17) is 4.42 Å². The average Bonchev–Trinajstić information content (AvgIpc) is 2.89. The molecule has 19 heavy (non-hydrogen) atoms. The minimum absolute atomic E-state index is 0.0193. The van der Waals surface area contributed by atoms with Crippen LogP contribution in [0.15, 0.2) is 22.8 Å². The Morgan fingerprint density at radius 2 is 2.21 bits per heavy atom. The molecule has 0 aromatic carbocycles. The minimum Gasteiger partial charge on any atom is -0.467 e. The first-order chi connectivity index (χ1) is 8.97. The molecule has 0 spiro atoms. The third-order valence-electron chi connectivity index (χ3n) is 3.35. The maximum absolute atomic E-state index is 12.1. The number of aliphatic hydroxyl groups is 1. The Kier molecular flexibility index (Phi) is 6.09. The summed E-state index contributed by atoms with van der Waals surface area (Å²) >= 11 is 0. The van der Waals surface area contributed by atoms with E-state index < -0.39 is 11.5 Å². The molecule has 0 aliphatic heterocycles. The van der Waals surface area contributed by atoms with Gasteiger partial charge in [0.05, 0.1) is 12.8 Å². The number of hydrogen-bond acceptors (Lipinski definition) is 3. The molecule has 1 amide bonds. The number of amides is 1. The molecule has 1 unspecified atom stereocenters. The fourth-order valence-electron chi connectivity index (χ4n) is 1.94. The van der Waals surface area contributed by atoms with Gasteiger partial charge in [-0.05, 0) is 18.6 Å². The fourth-order valence-corrected chi connectivity index (χ4v) is 1.94. The maximum Gasteiger partial charge on any atom is 0.225 e. The summed E-state index contributed by atoms with van der Waals surface area (Å²) in [5.74, 6) is 0.457. The highest BCUT2D eigenvalue weighted by atomic mass is 16.4. The monoisotopic (exact) mass is 267 g/mol. The van der Waals surface area contributed by atoms with Crippen molar-refractivity contribution in [2.24, 2.45) is 5.41 Å². The number of carbonyl (C=O) groups excluding carboxylic acids is 1. The van der Waals surface area contributed by atoms with Crippen molar-refractivity contribution in [2.45, 2.75) is 52.6 Å². The Morgan fingerprint density at radius 1 is 1.47 bits per heavy atom. The van der Waals surface area contributed by atoms with Gasteiger partial charge in [-0.1, -0.05) is 40.0 Å². The van der Waals surface area contributed by atoms with Crippen molar-refractivity contribution in [1.29, 1.82) is 0 Å². The molecular weight excluding hydrogens is 242 g/mol. The molecule has 0 radical (unpaired) electrons. The number of aliphatic hydroxyl groups excluding tert-OH is 1. The molecule has 1 rings (SSSR count). The van der Waals surface area contributed by atoms with Crippen molar-refractivity contribution < 1.29 is 14.3 Å². The zero-order valence-corrected chi connectivity index (χ0v) is 12.1. The lowest BCUT2D eigenvalue weighted by Crippen LogP contribution is -2.39. The van der Waals surface area contributed by atoms with E-state index >= 15 is 0 Å². The second-order valence-electron chi connectivity index (χ2n) is 5.58. The quantitative estimate of drug-likeness (QED) is 0.712. The molecule has 0 fully saturated rings. The van der Waals surface area contributed by atoms with Crippen molar-refractivity contribution >= 4 is 5.91 Å². The van der Waals surface area contributed by atoms with E-state index in [9.17, 15) is 9.90 Å². The van der Waals surface area contributed by atoms with Gasteiger partial charge in [-0.15, -0.1) is 0 Å². The highest BCUT2D eigenvalue weighted by molar-refractivity contribution is 5.81. The van der Waals surface area contributed by atoms with Crippen LogP contribution in [0, 0.1) is 5.41 Å². The van der Waals surface area contributed by atoms with Crippen molar-refractivity contribution in [2.75, 3.05) is 6.54 Å². The summed E-state index contributed by atoms with van der Waals surface area (Å²) in [7, 11) is 0. The van der Waals surface area contributed by atoms with E-state index in [1.165, 1.54) is 6.26 Å². The van der Waals surface area contributed by atoms with Crippen molar-refractivity contribution in [3.8, 4) is 0 Å². The SMILES string of the molecule is CCCCCC(C)(C)C(=O)NCC(O)c1ccco1. The third kappa shape index (κ3) is 5.07. The molecule has 4 nitrogen and oxygen atoms in total. The molecule has 1 heterocycles. The first-order valence-corrected chi connectivity index (χ1v) is 6.97. The van der Waals surface area contributed by atoms with Crippen LogP contribution in [-0.2, 0) is 4.79 Å². The van der Waals surface area contributed by atoms with Gasteiger partial charge < -0.3 is 14.8 Å². The smallest absolute Gasteiger partial charge is 0.225 e. The Hall–Kier alpha value is -1.29. The van der Waals surface area contributed by atoms with Gasteiger partial charge in [0, 0.05) is 5.41 Å². The molecule has 4 heteroatoms. The molecule has 1 aromatic heterocycles. The minimum atomic E-state index is -0.787. The van der Waals surface area contributed by atoms with Gasteiger partial charge in [-0.3, -0.25) is 4.79 Å². The predicted octanol–water partition coefficient (Wildman–Crippen LogP) is 3.04. The van der Waals surface area contributed by atoms with Crippen LogP contribution < -0.4 is 5.32 Å². The number of unbranched alkanes of at least 4 members (excludes halogenated alkanes) is 2. The number of rotatable bonds is 8. The average molecular weight is 267 g/mol. The summed E-state index contributed by atoms with van der Waals surface area (Å²) in [4.78, 5) is 12.1. The van der Waals surface area contributed by atoms with Crippen LogP contribution in [0.3, 0.4) is 0 Å². The fraction of sp³-hybridized carbons (Fsp3) is 0.667. The topological polar surface area (TPSA) is 62.5 Å². The van der Waals surface area contributed by atoms with E-state index in [1.807, 2.05) is 13.8 Å². The molecule has 0 saturated carbocycles. The lowest BCUT2D eigenvalue weighted by Gasteiger charge is -2.24. The maximum atomic E-state index is 12.1. The predicted molar refractivity (Wildman–Crippen MR) is 74.6 cm³/mol. The summed E-state index contributed by atoms with van der Waals surface area (Å²) in [5, 5.41) is 12.6. The van der Waals surface area contributed by atoms with Gasteiger partial charge in [0.15, 0.2) is 0 Å². The van der Waals surface area contributed by atoms with Gasteiger partial charge in [0.1, 0.15) is 11.9 Å². The van der Waals surface area contributed by atoms with Gasteiger partial charge in [-0.2, -0.15) is 0 Å². The Balaban J connectivity index is 2.37. The van der Waals surface area contributed by atoms with Crippen molar-refractivity contribution in [1.82, 2.24) is 5.32 Å². The molecule has 1 atom stereocenters. The molecule has 0 saturated heterocycles. The zero-order chi connectivity index (χ0) is 14.3. The molecule has 1 aromatic rings. The van der Waals surface area contributed by atoms with Gasteiger partial charge in [0.2, 0.25) is 5.91 Å². The molecule has 0 bridgehead atoms. The highest BCUT2D eigenvalue weighted by Crippen LogP contribution is 2.24. The van der Waals surface area contributed by atoms with Crippen LogP contribution >= 0.6 is 0 Å². The van der Waals surface area contributed by atoms with E-state index in [1.54, 1.807) is 12.1 Å². The Labute approximate surface area is 115 Å². The van der Waals surface area contributed by atoms with E-state index in [0.717, 1.165) is 25.7 Å². The third-order valence-corrected chi connectivity index (χ3v) is 3.35. The van der Waals surface area contributed by atoms with Crippen LogP contribution in [0.4, 0.5) is 0 Å². The molecule has 0 aliphatic carbocycles. The summed E-state index contributed by atoms with van der Waals surface area (Å²) in [5.41, 5.74) is -0.391.